The Balaban J connectivity index is 1.33. The molecule has 2 aliphatic heterocycles. The van der Waals surface area contributed by atoms with E-state index in [9.17, 15) is 9.59 Å². The van der Waals surface area contributed by atoms with Gasteiger partial charge in [-0.3, -0.25) is 9.59 Å². The standard InChI is InChI=1S/C27H38O4/c1-15-7-10-27(30-14-15)16(2)24-22(31-27)12-21-19-6-5-17-11-18(28)8-9-25(17,3)20(19)13-23(29)26(21,24)4/h11,15-16,19-22,24H,5-10,12-14H2,1-4H3/t15-,16?,19?,20?,21?,22?,24?,25+,26-,27-/m1/s1. The van der Waals surface area contributed by atoms with Gasteiger partial charge in [-0.05, 0) is 67.3 Å². The van der Waals surface area contributed by atoms with Gasteiger partial charge in [0, 0.05) is 36.5 Å². The summed E-state index contributed by atoms with van der Waals surface area (Å²) in [7, 11) is 0. The van der Waals surface area contributed by atoms with E-state index >= 15 is 0 Å². The summed E-state index contributed by atoms with van der Waals surface area (Å²) < 4.78 is 13.2. The van der Waals surface area contributed by atoms with E-state index in [4.69, 9.17) is 9.47 Å². The second kappa shape index (κ2) is 6.53. The number of allylic oxidation sites excluding steroid dienone is 1. The SMILES string of the molecule is CC1C2C(CC3C4CCC5=CC(=O)CC[C@]5(C)C4CC(=O)[C@@]32C)O[C@]12CC[C@@H](C)CO2. The lowest BCUT2D eigenvalue weighted by Gasteiger charge is -2.57. The third kappa shape index (κ3) is 2.55. The molecular weight excluding hydrogens is 388 g/mol. The van der Waals surface area contributed by atoms with Gasteiger partial charge in [-0.25, -0.2) is 0 Å². The highest BCUT2D eigenvalue weighted by Crippen LogP contribution is 2.69. The maximum absolute atomic E-state index is 14.0. The predicted octanol–water partition coefficient (Wildman–Crippen LogP) is 5.10. The minimum atomic E-state index is -0.467. The molecule has 4 heteroatoms. The van der Waals surface area contributed by atoms with Crippen LogP contribution in [0.15, 0.2) is 11.6 Å². The van der Waals surface area contributed by atoms with Crippen molar-refractivity contribution >= 4 is 11.6 Å². The zero-order valence-electron chi connectivity index (χ0n) is 19.6. The van der Waals surface area contributed by atoms with Crippen molar-refractivity contribution in [3.8, 4) is 0 Å². The molecule has 2 heterocycles. The highest BCUT2D eigenvalue weighted by molar-refractivity contribution is 5.92. The van der Waals surface area contributed by atoms with Crippen molar-refractivity contribution in [2.24, 2.45) is 46.3 Å². The monoisotopic (exact) mass is 426 g/mol. The number of ketones is 2. The van der Waals surface area contributed by atoms with Crippen molar-refractivity contribution in [1.29, 1.82) is 0 Å². The molecule has 4 nitrogen and oxygen atoms in total. The average molecular weight is 427 g/mol. The number of fused-ring (bicyclic) bond motifs is 7. The van der Waals surface area contributed by atoms with E-state index in [-0.39, 0.29) is 34.6 Å². The normalized spacial score (nSPS) is 56.0. The first-order valence-electron chi connectivity index (χ1n) is 12.8. The van der Waals surface area contributed by atoms with Gasteiger partial charge in [-0.2, -0.15) is 0 Å². The molecule has 6 unspecified atom stereocenters. The molecule has 31 heavy (non-hydrogen) atoms. The van der Waals surface area contributed by atoms with Gasteiger partial charge in [-0.15, -0.1) is 0 Å². The molecule has 10 atom stereocenters. The molecule has 5 fully saturated rings. The summed E-state index contributed by atoms with van der Waals surface area (Å²) in [5.41, 5.74) is 1.07. The third-order valence-electron chi connectivity index (χ3n) is 11.1. The van der Waals surface area contributed by atoms with Crippen molar-refractivity contribution < 1.29 is 19.1 Å². The average Bonchev–Trinajstić information content (AvgIpc) is 3.18. The number of rotatable bonds is 0. The highest BCUT2D eigenvalue weighted by atomic mass is 16.7. The Kier molecular flexibility index (Phi) is 4.34. The Labute approximate surface area is 186 Å². The van der Waals surface area contributed by atoms with Gasteiger partial charge < -0.3 is 9.47 Å². The maximum Gasteiger partial charge on any atom is 0.171 e. The van der Waals surface area contributed by atoms with Crippen LogP contribution in [0.3, 0.4) is 0 Å². The Morgan fingerprint density at radius 1 is 1.03 bits per heavy atom. The fraction of sp³-hybridized carbons (Fsp3) is 0.852. The number of carbonyl (C=O) groups is 2. The molecule has 2 saturated heterocycles. The molecule has 3 saturated carbocycles. The zero-order valence-corrected chi connectivity index (χ0v) is 19.6. The molecule has 0 aromatic rings. The molecule has 4 aliphatic carbocycles. The Bertz CT molecular complexity index is 851. The number of hydrogen-bond acceptors (Lipinski definition) is 4. The minimum Gasteiger partial charge on any atom is -0.349 e. The summed E-state index contributed by atoms with van der Waals surface area (Å²) in [6.07, 6.45) is 9.59. The molecule has 0 amide bonds. The van der Waals surface area contributed by atoms with Crippen LogP contribution < -0.4 is 0 Å². The van der Waals surface area contributed by atoms with E-state index in [1.165, 1.54) is 5.57 Å². The zero-order chi connectivity index (χ0) is 21.8. The molecule has 0 N–H and O–H groups in total. The van der Waals surface area contributed by atoms with Crippen LogP contribution in [0, 0.1) is 46.3 Å². The van der Waals surface area contributed by atoms with Gasteiger partial charge in [0.15, 0.2) is 11.6 Å². The Morgan fingerprint density at radius 2 is 1.84 bits per heavy atom. The predicted molar refractivity (Wildman–Crippen MR) is 117 cm³/mol. The number of hydrogen-bond donors (Lipinski definition) is 0. The summed E-state index contributed by atoms with van der Waals surface area (Å²) in [6.45, 7) is 9.95. The quantitative estimate of drug-likeness (QED) is 0.541. The van der Waals surface area contributed by atoms with Gasteiger partial charge in [0.2, 0.25) is 0 Å². The van der Waals surface area contributed by atoms with Crippen molar-refractivity contribution in [3.05, 3.63) is 11.6 Å². The van der Waals surface area contributed by atoms with Crippen molar-refractivity contribution in [2.75, 3.05) is 6.61 Å². The van der Waals surface area contributed by atoms with E-state index in [1.807, 2.05) is 6.08 Å². The largest absolute Gasteiger partial charge is 0.349 e. The van der Waals surface area contributed by atoms with Crippen molar-refractivity contribution in [1.82, 2.24) is 0 Å². The second-order valence-corrected chi connectivity index (χ2v) is 12.4. The highest BCUT2D eigenvalue weighted by Gasteiger charge is 2.71. The van der Waals surface area contributed by atoms with E-state index in [0.717, 1.165) is 45.1 Å². The maximum atomic E-state index is 14.0. The third-order valence-corrected chi connectivity index (χ3v) is 11.1. The summed E-state index contributed by atoms with van der Waals surface area (Å²) in [5.74, 6) is 2.78. The van der Waals surface area contributed by atoms with Gasteiger partial charge >= 0.3 is 0 Å². The first kappa shape index (κ1) is 20.6. The van der Waals surface area contributed by atoms with E-state index < -0.39 is 5.79 Å². The Hall–Kier alpha value is -1.00. The fourth-order valence-corrected chi connectivity index (χ4v) is 9.26. The van der Waals surface area contributed by atoms with Crippen LogP contribution in [0.2, 0.25) is 0 Å². The van der Waals surface area contributed by atoms with Crippen molar-refractivity contribution in [3.63, 3.8) is 0 Å². The number of ether oxygens (including phenoxy) is 2. The number of Topliss-reactive ketones (excluding diaryl/α,β-unsaturated/α-hetero) is 1. The molecule has 0 aromatic carbocycles. The molecule has 0 aromatic heterocycles. The summed E-state index contributed by atoms with van der Waals surface area (Å²) in [4.78, 5) is 26.0. The summed E-state index contributed by atoms with van der Waals surface area (Å²) >= 11 is 0. The lowest BCUT2D eigenvalue weighted by atomic mass is 9.46. The van der Waals surface area contributed by atoms with E-state index in [1.54, 1.807) is 0 Å². The second-order valence-electron chi connectivity index (χ2n) is 12.4. The van der Waals surface area contributed by atoms with Crippen molar-refractivity contribution in [2.45, 2.75) is 91.0 Å². The van der Waals surface area contributed by atoms with Crippen LogP contribution >= 0.6 is 0 Å². The lowest BCUT2D eigenvalue weighted by Crippen LogP contribution is -2.56. The molecule has 0 radical (unpaired) electrons. The van der Waals surface area contributed by atoms with Crippen LogP contribution in [-0.4, -0.2) is 30.1 Å². The van der Waals surface area contributed by atoms with Gasteiger partial charge in [0.05, 0.1) is 12.7 Å². The molecule has 170 valence electrons. The van der Waals surface area contributed by atoms with Gasteiger partial charge in [0.1, 0.15) is 5.78 Å². The first-order valence-corrected chi connectivity index (χ1v) is 12.8. The fourth-order valence-electron chi connectivity index (χ4n) is 9.26. The topological polar surface area (TPSA) is 52.6 Å². The number of carbonyl (C=O) groups excluding carboxylic acids is 2. The lowest BCUT2D eigenvalue weighted by molar-refractivity contribution is -0.272. The van der Waals surface area contributed by atoms with Crippen LogP contribution in [0.5, 0.6) is 0 Å². The molecule has 6 aliphatic rings. The van der Waals surface area contributed by atoms with Gasteiger partial charge in [-0.1, -0.05) is 33.3 Å². The molecule has 1 spiro atoms. The van der Waals surface area contributed by atoms with Crippen LogP contribution in [-0.2, 0) is 19.1 Å². The molecular formula is C27H38O4. The first-order chi connectivity index (χ1) is 14.7. The molecule has 0 bridgehead atoms. The van der Waals surface area contributed by atoms with Crippen LogP contribution in [0.4, 0.5) is 0 Å². The van der Waals surface area contributed by atoms with Crippen LogP contribution in [0.1, 0.15) is 79.1 Å². The smallest absolute Gasteiger partial charge is 0.171 e. The van der Waals surface area contributed by atoms with Gasteiger partial charge in [0.25, 0.3) is 0 Å². The Morgan fingerprint density at radius 3 is 2.58 bits per heavy atom. The van der Waals surface area contributed by atoms with E-state index in [0.29, 0.717) is 42.3 Å². The summed E-state index contributed by atoms with van der Waals surface area (Å²) in [6, 6.07) is 0. The molecule has 6 rings (SSSR count). The van der Waals surface area contributed by atoms with E-state index in [2.05, 4.69) is 27.7 Å². The minimum absolute atomic E-state index is 0.0296. The van der Waals surface area contributed by atoms with Crippen LogP contribution in [0.25, 0.3) is 0 Å². The summed E-state index contributed by atoms with van der Waals surface area (Å²) in [5, 5.41) is 0.